The molecular weight excluding hydrogens is 518 g/mol. The number of nitrogens with zero attached hydrogens (tertiary/aromatic N) is 1. The summed E-state index contributed by atoms with van der Waals surface area (Å²) in [4.78, 5) is 0. The van der Waals surface area contributed by atoms with Crippen molar-refractivity contribution < 1.29 is 0 Å². The zero-order valence-electron chi connectivity index (χ0n) is 23.5. The molecule has 0 fully saturated rings. The lowest BCUT2D eigenvalue weighted by molar-refractivity contribution is 1.18. The molecule has 1 heteroatoms. The summed E-state index contributed by atoms with van der Waals surface area (Å²) in [6.45, 7) is 0. The summed E-state index contributed by atoms with van der Waals surface area (Å²) in [5.74, 6) is 0. The molecule has 9 rings (SSSR count). The summed E-state index contributed by atoms with van der Waals surface area (Å²) in [6.07, 6.45) is 0. The minimum Gasteiger partial charge on any atom is -0.309 e. The van der Waals surface area contributed by atoms with Crippen molar-refractivity contribution in [1.82, 2.24) is 4.57 Å². The van der Waals surface area contributed by atoms with Crippen LogP contribution in [0.2, 0.25) is 0 Å². The molecule has 0 amide bonds. The largest absolute Gasteiger partial charge is 0.309 e. The fourth-order valence-electron chi connectivity index (χ4n) is 6.95. The van der Waals surface area contributed by atoms with E-state index in [9.17, 15) is 0 Å². The van der Waals surface area contributed by atoms with Crippen LogP contribution < -0.4 is 0 Å². The molecule has 8 aromatic carbocycles. The van der Waals surface area contributed by atoms with Crippen LogP contribution in [-0.2, 0) is 0 Å². The first-order valence-corrected chi connectivity index (χ1v) is 14.9. The van der Waals surface area contributed by atoms with Gasteiger partial charge in [0.05, 0.1) is 11.0 Å². The number of rotatable bonds is 3. The zero-order chi connectivity index (χ0) is 28.3. The van der Waals surface area contributed by atoms with Gasteiger partial charge < -0.3 is 4.57 Å². The van der Waals surface area contributed by atoms with E-state index in [1.54, 1.807) is 0 Å². The molecule has 0 aliphatic carbocycles. The first kappa shape index (κ1) is 24.0. The second-order valence-electron chi connectivity index (χ2n) is 11.3. The molecule has 43 heavy (non-hydrogen) atoms. The molecule has 0 bridgehead atoms. The molecule has 9 aromatic rings. The van der Waals surface area contributed by atoms with Gasteiger partial charge in [0, 0.05) is 16.5 Å². The molecule has 0 atom stereocenters. The van der Waals surface area contributed by atoms with Gasteiger partial charge in [-0.2, -0.15) is 0 Å². The van der Waals surface area contributed by atoms with Crippen molar-refractivity contribution in [2.75, 3.05) is 0 Å². The summed E-state index contributed by atoms with van der Waals surface area (Å²) < 4.78 is 2.37. The van der Waals surface area contributed by atoms with E-state index in [1.165, 1.54) is 82.1 Å². The van der Waals surface area contributed by atoms with Gasteiger partial charge in [-0.3, -0.25) is 0 Å². The highest BCUT2D eigenvalue weighted by atomic mass is 15.0. The van der Waals surface area contributed by atoms with Gasteiger partial charge in [-0.1, -0.05) is 127 Å². The molecule has 0 saturated heterocycles. The highest BCUT2D eigenvalue weighted by molar-refractivity contribution is 6.25. The van der Waals surface area contributed by atoms with Crippen LogP contribution in [0.1, 0.15) is 0 Å². The van der Waals surface area contributed by atoms with E-state index < -0.39 is 0 Å². The molecule has 0 N–H and O–H groups in total. The Balaban J connectivity index is 1.15. The Morgan fingerprint density at radius 2 is 0.674 bits per heavy atom. The van der Waals surface area contributed by atoms with Crippen molar-refractivity contribution in [2.45, 2.75) is 0 Å². The van der Waals surface area contributed by atoms with Gasteiger partial charge in [0.2, 0.25) is 0 Å². The Hall–Kier alpha value is -5.66. The van der Waals surface area contributed by atoms with Crippen LogP contribution in [0.15, 0.2) is 164 Å². The lowest BCUT2D eigenvalue weighted by atomic mass is 9.92. The monoisotopic (exact) mass is 545 g/mol. The topological polar surface area (TPSA) is 4.93 Å². The first-order chi connectivity index (χ1) is 21.3. The van der Waals surface area contributed by atoms with Crippen molar-refractivity contribution in [2.24, 2.45) is 0 Å². The van der Waals surface area contributed by atoms with Gasteiger partial charge in [-0.05, 0) is 91.0 Å². The maximum atomic E-state index is 2.37. The third-order valence-electron chi connectivity index (χ3n) is 8.98. The predicted octanol–water partition coefficient (Wildman–Crippen LogP) is 11.6. The number of para-hydroxylation sites is 2. The van der Waals surface area contributed by atoms with Gasteiger partial charge in [0.25, 0.3) is 0 Å². The smallest absolute Gasteiger partial charge is 0.0541 e. The number of hydrogen-bond donors (Lipinski definition) is 0. The SMILES string of the molecule is c1ccc(-n2c3ccccc3c3cc(-c4ccc(-c5ccc6c7ccccc7c7ccccc7c6c5)cc4)ccc32)cc1. The average molecular weight is 546 g/mol. The van der Waals surface area contributed by atoms with E-state index in [2.05, 4.69) is 168 Å². The van der Waals surface area contributed by atoms with Crippen molar-refractivity contribution >= 4 is 54.1 Å². The number of benzene rings is 8. The van der Waals surface area contributed by atoms with Gasteiger partial charge >= 0.3 is 0 Å². The number of aromatic nitrogens is 1. The normalized spacial score (nSPS) is 11.7. The molecule has 0 aliphatic rings. The summed E-state index contributed by atoms with van der Waals surface area (Å²) in [7, 11) is 0. The Bertz CT molecular complexity index is 2450. The first-order valence-electron chi connectivity index (χ1n) is 14.9. The lowest BCUT2D eigenvalue weighted by Gasteiger charge is -2.12. The average Bonchev–Trinajstić information content (AvgIpc) is 3.42. The molecule has 0 unspecified atom stereocenters. The Labute approximate surface area is 249 Å². The Kier molecular flexibility index (Phi) is 5.27. The maximum Gasteiger partial charge on any atom is 0.0541 e. The van der Waals surface area contributed by atoms with E-state index in [1.807, 2.05) is 0 Å². The Morgan fingerprint density at radius 3 is 1.30 bits per heavy atom. The van der Waals surface area contributed by atoms with Crippen LogP contribution in [0.4, 0.5) is 0 Å². The van der Waals surface area contributed by atoms with Crippen LogP contribution in [-0.4, -0.2) is 4.57 Å². The van der Waals surface area contributed by atoms with Gasteiger partial charge in [-0.25, -0.2) is 0 Å². The summed E-state index contributed by atoms with van der Waals surface area (Å²) in [6, 6.07) is 59.7. The van der Waals surface area contributed by atoms with Crippen LogP contribution in [0.3, 0.4) is 0 Å². The highest BCUT2D eigenvalue weighted by Gasteiger charge is 2.13. The van der Waals surface area contributed by atoms with Crippen molar-refractivity contribution in [1.29, 1.82) is 0 Å². The van der Waals surface area contributed by atoms with Crippen LogP contribution in [0.25, 0.3) is 82.1 Å². The summed E-state index contributed by atoms with van der Waals surface area (Å²) in [5, 5.41) is 10.4. The van der Waals surface area contributed by atoms with E-state index in [-0.39, 0.29) is 0 Å². The molecular formula is C42H27N. The second kappa shape index (κ2) is 9.44. The molecule has 0 aliphatic heterocycles. The van der Waals surface area contributed by atoms with Crippen LogP contribution in [0.5, 0.6) is 0 Å². The number of hydrogen-bond acceptors (Lipinski definition) is 0. The summed E-state index contributed by atoms with van der Waals surface area (Å²) >= 11 is 0. The van der Waals surface area contributed by atoms with Crippen LogP contribution >= 0.6 is 0 Å². The summed E-state index contributed by atoms with van der Waals surface area (Å²) in [5.41, 5.74) is 8.55. The van der Waals surface area contributed by atoms with E-state index in [4.69, 9.17) is 0 Å². The highest BCUT2D eigenvalue weighted by Crippen LogP contribution is 2.38. The molecule has 1 heterocycles. The predicted molar refractivity (Wildman–Crippen MR) is 184 cm³/mol. The van der Waals surface area contributed by atoms with Gasteiger partial charge in [0.1, 0.15) is 0 Å². The third-order valence-corrected chi connectivity index (χ3v) is 8.98. The molecule has 0 saturated carbocycles. The maximum absolute atomic E-state index is 2.37. The fraction of sp³-hybridized carbons (Fsp3) is 0. The van der Waals surface area contributed by atoms with E-state index >= 15 is 0 Å². The minimum atomic E-state index is 1.18. The quantitative estimate of drug-likeness (QED) is 0.195. The van der Waals surface area contributed by atoms with Crippen LogP contribution in [0, 0.1) is 0 Å². The molecule has 0 spiro atoms. The van der Waals surface area contributed by atoms with Crippen molar-refractivity contribution in [3.8, 4) is 27.9 Å². The third kappa shape index (κ3) is 3.72. The second-order valence-corrected chi connectivity index (χ2v) is 11.3. The van der Waals surface area contributed by atoms with Gasteiger partial charge in [0.15, 0.2) is 0 Å². The molecule has 1 nitrogen and oxygen atoms in total. The van der Waals surface area contributed by atoms with E-state index in [0.717, 1.165) is 0 Å². The van der Waals surface area contributed by atoms with Gasteiger partial charge in [-0.15, -0.1) is 0 Å². The molecule has 0 radical (unpaired) electrons. The minimum absolute atomic E-state index is 1.18. The standard InChI is InChI=1S/C42H27N/c1-2-10-32(11-3-1)43-41-17-9-8-16-38(41)40-27-31(23-25-42(40)43)29-20-18-28(19-21-29)30-22-24-37-35-14-5-4-12-33(35)34-13-6-7-15-36(34)39(37)26-30/h1-27H. The lowest BCUT2D eigenvalue weighted by Crippen LogP contribution is -1.92. The van der Waals surface area contributed by atoms with Crippen molar-refractivity contribution in [3.63, 3.8) is 0 Å². The molecule has 200 valence electrons. The van der Waals surface area contributed by atoms with Crippen molar-refractivity contribution in [3.05, 3.63) is 164 Å². The fourth-order valence-corrected chi connectivity index (χ4v) is 6.95. The zero-order valence-corrected chi connectivity index (χ0v) is 23.5. The number of fused-ring (bicyclic) bond motifs is 9. The Morgan fingerprint density at radius 1 is 0.256 bits per heavy atom. The molecule has 1 aromatic heterocycles. The van der Waals surface area contributed by atoms with E-state index in [0.29, 0.717) is 0 Å².